The molecule has 2 aromatic heterocycles. The number of pyridine rings is 1. The highest BCUT2D eigenvalue weighted by Gasteiger charge is 2.49. The van der Waals surface area contributed by atoms with Crippen LogP contribution in [0.2, 0.25) is 0 Å². The van der Waals surface area contributed by atoms with Gasteiger partial charge in [-0.15, -0.1) is 6.42 Å². The number of terminal acetylenes is 1. The van der Waals surface area contributed by atoms with Crippen molar-refractivity contribution in [3.8, 4) is 29.6 Å². The Kier molecular flexibility index (Phi) is 8.69. The lowest BCUT2D eigenvalue weighted by molar-refractivity contribution is -0.136. The highest BCUT2D eigenvalue weighted by molar-refractivity contribution is 5.88. The molecular formula is C39H44N6O3. The number of rotatable bonds is 8. The van der Waals surface area contributed by atoms with Crippen LogP contribution in [0.5, 0.6) is 6.01 Å². The molecule has 1 unspecified atom stereocenters. The van der Waals surface area contributed by atoms with Gasteiger partial charge in [0.1, 0.15) is 6.61 Å². The predicted octanol–water partition coefficient (Wildman–Crippen LogP) is 5.77. The number of carbonyl (C=O) groups is 1. The maximum atomic E-state index is 12.3. The van der Waals surface area contributed by atoms with Gasteiger partial charge in [-0.2, -0.15) is 9.97 Å². The van der Waals surface area contributed by atoms with Gasteiger partial charge in [0.05, 0.1) is 42.0 Å². The summed E-state index contributed by atoms with van der Waals surface area (Å²) in [5, 5.41) is 0. The Morgan fingerprint density at radius 1 is 1.12 bits per heavy atom. The third kappa shape index (κ3) is 5.94. The number of amides is 1. The summed E-state index contributed by atoms with van der Waals surface area (Å²) in [5.41, 5.74) is 9.42. The minimum Gasteiger partial charge on any atom is -0.457 e. The van der Waals surface area contributed by atoms with E-state index in [0.29, 0.717) is 30.4 Å². The molecule has 0 bridgehead atoms. The molecule has 1 aromatic carbocycles. The molecule has 3 saturated heterocycles. The number of likely N-dealkylation sites (tertiary alicyclic amines) is 1. The first-order valence-electron chi connectivity index (χ1n) is 17.1. The second-order valence-electron chi connectivity index (χ2n) is 13.7. The third-order valence-corrected chi connectivity index (χ3v) is 10.4. The summed E-state index contributed by atoms with van der Waals surface area (Å²) < 4.78 is 11.9. The Morgan fingerprint density at radius 2 is 1.94 bits per heavy atom. The molecule has 1 amide bonds. The summed E-state index contributed by atoms with van der Waals surface area (Å²) in [4.78, 5) is 33.4. The van der Waals surface area contributed by atoms with Gasteiger partial charge in [-0.3, -0.25) is 9.78 Å². The van der Waals surface area contributed by atoms with Crippen LogP contribution >= 0.6 is 0 Å². The summed E-state index contributed by atoms with van der Waals surface area (Å²) in [6.07, 6.45) is 14.9. The summed E-state index contributed by atoms with van der Waals surface area (Å²) in [6.45, 7) is 16.6. The van der Waals surface area contributed by atoms with Crippen LogP contribution in [0.3, 0.4) is 0 Å². The number of aryl methyl sites for hydroxylation is 1. The fourth-order valence-electron chi connectivity index (χ4n) is 7.90. The number of benzene rings is 1. The molecule has 0 N–H and O–H groups in total. The summed E-state index contributed by atoms with van der Waals surface area (Å²) in [6, 6.07) is 8.75. The molecule has 9 nitrogen and oxygen atoms in total. The number of aromatic nitrogens is 3. The first kappa shape index (κ1) is 31.9. The monoisotopic (exact) mass is 644 g/mol. The number of morpholine rings is 1. The zero-order valence-corrected chi connectivity index (χ0v) is 28.3. The SMILES string of the molecule is C#Cc1c(-c2c(C)ccc3c2C(CC)CC(C)=C3)nc(OCc2ccc(N3CCOCC3)cn2)nc1N1CCC2(CN(C(=O)C=C)C2)C1. The molecule has 3 aromatic rings. The zero-order valence-electron chi connectivity index (χ0n) is 28.3. The van der Waals surface area contributed by atoms with Crippen molar-refractivity contribution in [2.75, 3.05) is 62.3 Å². The van der Waals surface area contributed by atoms with Gasteiger partial charge in [-0.1, -0.05) is 43.2 Å². The minimum atomic E-state index is -0.0194. The largest absolute Gasteiger partial charge is 0.457 e. The minimum absolute atomic E-state index is 0.0142. The number of allylic oxidation sites excluding steroid dienone is 1. The number of nitrogens with zero attached hydrogens (tertiary/aromatic N) is 6. The van der Waals surface area contributed by atoms with E-state index in [1.165, 1.54) is 22.8 Å². The van der Waals surface area contributed by atoms with Gasteiger partial charge in [0, 0.05) is 50.2 Å². The molecule has 4 aliphatic rings. The molecule has 48 heavy (non-hydrogen) atoms. The van der Waals surface area contributed by atoms with Crippen LogP contribution in [0.15, 0.2) is 48.7 Å². The van der Waals surface area contributed by atoms with Crippen LogP contribution < -0.4 is 14.5 Å². The molecule has 1 aliphatic carbocycles. The van der Waals surface area contributed by atoms with Crippen molar-refractivity contribution in [2.24, 2.45) is 5.41 Å². The molecule has 5 heterocycles. The molecular weight excluding hydrogens is 600 g/mol. The van der Waals surface area contributed by atoms with Crippen LogP contribution in [0, 0.1) is 24.7 Å². The smallest absolute Gasteiger partial charge is 0.319 e. The highest BCUT2D eigenvalue weighted by atomic mass is 16.5. The van der Waals surface area contributed by atoms with Crippen LogP contribution in [0.1, 0.15) is 67.0 Å². The van der Waals surface area contributed by atoms with Crippen LogP contribution in [0.4, 0.5) is 11.5 Å². The topological polar surface area (TPSA) is 83.9 Å². The van der Waals surface area contributed by atoms with E-state index in [1.807, 2.05) is 17.2 Å². The summed E-state index contributed by atoms with van der Waals surface area (Å²) >= 11 is 0. The van der Waals surface area contributed by atoms with E-state index in [1.54, 1.807) is 0 Å². The average Bonchev–Trinajstić information content (AvgIpc) is 3.56. The molecule has 9 heteroatoms. The molecule has 1 atom stereocenters. The van der Waals surface area contributed by atoms with Gasteiger partial charge in [-0.05, 0) is 73.9 Å². The van der Waals surface area contributed by atoms with Gasteiger partial charge in [0.15, 0.2) is 5.82 Å². The Labute approximate surface area is 283 Å². The van der Waals surface area contributed by atoms with Gasteiger partial charge in [0.25, 0.3) is 0 Å². The van der Waals surface area contributed by atoms with Crippen molar-refractivity contribution >= 4 is 23.5 Å². The first-order valence-corrected chi connectivity index (χ1v) is 17.1. The normalized spacial score (nSPS) is 19.8. The number of hydrogen-bond donors (Lipinski definition) is 0. The Morgan fingerprint density at radius 3 is 2.65 bits per heavy atom. The van der Waals surface area contributed by atoms with E-state index in [-0.39, 0.29) is 23.9 Å². The van der Waals surface area contributed by atoms with E-state index < -0.39 is 0 Å². The number of fused-ring (bicyclic) bond motifs is 1. The van der Waals surface area contributed by atoms with Crippen molar-refractivity contribution in [3.63, 3.8) is 0 Å². The van der Waals surface area contributed by atoms with E-state index >= 15 is 0 Å². The molecule has 248 valence electrons. The molecule has 7 rings (SSSR count). The standard InChI is InChI=1S/C39H44N6O3/c1-6-28-19-26(4)20-29-10-9-27(5)34(35(28)29)36-32(7-2)37(44-14-13-39(23-44)24-45(25-39)33(46)8-3)42-38(41-36)48-22-30-11-12-31(21-40-30)43-15-17-47-18-16-43/h2,8-12,20-21,28H,3,6,13-19,22-25H2,1,4-5H3. The number of hydrogen-bond acceptors (Lipinski definition) is 8. The fourth-order valence-corrected chi connectivity index (χ4v) is 7.90. The van der Waals surface area contributed by atoms with Gasteiger partial charge in [-0.25, -0.2) is 0 Å². The third-order valence-electron chi connectivity index (χ3n) is 10.4. The fraction of sp³-hybridized carbons (Fsp3) is 0.436. The Bertz CT molecular complexity index is 1800. The Hall–Kier alpha value is -4.68. The van der Waals surface area contributed by atoms with Crippen LogP contribution in [-0.2, 0) is 16.1 Å². The lowest BCUT2D eigenvalue weighted by atomic mass is 9.77. The predicted molar refractivity (Wildman–Crippen MR) is 189 cm³/mol. The van der Waals surface area contributed by atoms with Crippen molar-refractivity contribution in [1.82, 2.24) is 19.9 Å². The van der Waals surface area contributed by atoms with Crippen molar-refractivity contribution in [2.45, 2.75) is 52.6 Å². The molecule has 0 radical (unpaired) electrons. The first-order chi connectivity index (χ1) is 23.3. The number of ether oxygens (including phenoxy) is 2. The zero-order chi connectivity index (χ0) is 33.4. The maximum Gasteiger partial charge on any atom is 0.319 e. The van der Waals surface area contributed by atoms with E-state index in [2.05, 4.69) is 67.3 Å². The van der Waals surface area contributed by atoms with Gasteiger partial charge < -0.3 is 24.2 Å². The second-order valence-corrected chi connectivity index (χ2v) is 13.7. The second kappa shape index (κ2) is 13.1. The van der Waals surface area contributed by atoms with Crippen LogP contribution in [0.25, 0.3) is 17.3 Å². The maximum absolute atomic E-state index is 12.3. The average molecular weight is 645 g/mol. The van der Waals surface area contributed by atoms with Crippen molar-refractivity contribution in [3.05, 3.63) is 76.6 Å². The number of carbonyl (C=O) groups excluding carboxylic acids is 1. The van der Waals surface area contributed by atoms with E-state index in [0.717, 1.165) is 86.9 Å². The van der Waals surface area contributed by atoms with E-state index in [4.69, 9.17) is 30.8 Å². The quantitative estimate of drug-likeness (QED) is 0.226. The van der Waals surface area contributed by atoms with Crippen LogP contribution in [-0.4, -0.2) is 78.2 Å². The van der Waals surface area contributed by atoms with Crippen molar-refractivity contribution in [1.29, 1.82) is 0 Å². The molecule has 3 fully saturated rings. The summed E-state index contributed by atoms with van der Waals surface area (Å²) in [5.74, 6) is 4.07. The molecule has 3 aliphatic heterocycles. The molecule has 1 spiro atoms. The number of anilines is 2. The lowest BCUT2D eigenvalue weighted by Crippen LogP contribution is -2.59. The van der Waals surface area contributed by atoms with E-state index in [9.17, 15) is 4.79 Å². The molecule has 0 saturated carbocycles. The lowest BCUT2D eigenvalue weighted by Gasteiger charge is -2.47. The van der Waals surface area contributed by atoms with Crippen molar-refractivity contribution < 1.29 is 14.3 Å². The summed E-state index contributed by atoms with van der Waals surface area (Å²) in [7, 11) is 0. The highest BCUT2D eigenvalue weighted by Crippen LogP contribution is 2.46. The Balaban J connectivity index is 1.26. The van der Waals surface area contributed by atoms with Gasteiger partial charge >= 0.3 is 6.01 Å². The van der Waals surface area contributed by atoms with Gasteiger partial charge in [0.2, 0.25) is 5.91 Å².